The van der Waals surface area contributed by atoms with Crippen LogP contribution in [0.2, 0.25) is 0 Å². The third kappa shape index (κ3) is 4.60. The molecule has 1 nitrogen and oxygen atoms in total. The van der Waals surface area contributed by atoms with Gasteiger partial charge in [0.25, 0.3) is 0 Å². The van der Waals surface area contributed by atoms with E-state index >= 15 is 0 Å². The monoisotopic (exact) mass is 695 g/mol. The Morgan fingerprint density at radius 2 is 0.400 bits per heavy atom. The summed E-state index contributed by atoms with van der Waals surface area (Å²) in [6.45, 7) is 0. The van der Waals surface area contributed by atoms with Crippen LogP contribution in [0.15, 0.2) is 200 Å². The van der Waals surface area contributed by atoms with Crippen LogP contribution in [0.1, 0.15) is 0 Å². The van der Waals surface area contributed by atoms with E-state index in [9.17, 15) is 0 Å². The second-order valence-electron chi connectivity index (χ2n) is 14.9. The third-order valence-corrected chi connectivity index (χ3v) is 11.8. The van der Waals surface area contributed by atoms with Gasteiger partial charge in [-0.3, -0.25) is 0 Å². The second-order valence-corrected chi connectivity index (χ2v) is 14.9. The molecule has 0 aliphatic carbocycles. The van der Waals surface area contributed by atoms with Gasteiger partial charge >= 0.3 is 0 Å². The standard InChI is InChI=1S/C54H33N/c1-4-16-37-28-49-46(25-34(37)13-1)43-22-10-7-19-40(43)31-52(49)55(53-32-41-20-8-11-23-44(41)47-26-35-14-2-5-17-38(35)29-50(47)53)54-33-42-21-9-12-24-45(42)48-27-36-15-3-6-18-39(36)30-51(48)54/h1-33H. The lowest BCUT2D eigenvalue weighted by molar-refractivity contribution is 1.34. The summed E-state index contributed by atoms with van der Waals surface area (Å²) in [5.74, 6) is 0. The van der Waals surface area contributed by atoms with Crippen molar-refractivity contribution in [2.24, 2.45) is 0 Å². The molecule has 0 fully saturated rings. The Labute approximate surface area is 317 Å². The first kappa shape index (κ1) is 30.3. The van der Waals surface area contributed by atoms with E-state index in [-0.39, 0.29) is 0 Å². The summed E-state index contributed by atoms with van der Waals surface area (Å²) in [6, 6.07) is 74.6. The predicted molar refractivity (Wildman–Crippen MR) is 239 cm³/mol. The normalized spacial score (nSPS) is 12.0. The summed E-state index contributed by atoms with van der Waals surface area (Å²) in [7, 11) is 0. The minimum atomic E-state index is 1.16. The molecule has 12 aromatic rings. The highest BCUT2D eigenvalue weighted by molar-refractivity contribution is 6.25. The van der Waals surface area contributed by atoms with Gasteiger partial charge in [-0.1, -0.05) is 146 Å². The van der Waals surface area contributed by atoms with Crippen molar-refractivity contribution in [3.8, 4) is 0 Å². The van der Waals surface area contributed by atoms with Gasteiger partial charge in [-0.05, 0) is 135 Å². The molecule has 0 heterocycles. The number of anilines is 3. The molecule has 0 unspecified atom stereocenters. The molecule has 0 bridgehead atoms. The summed E-state index contributed by atoms with van der Waals surface area (Å²) in [5.41, 5.74) is 3.48. The molecule has 0 saturated carbocycles. The Bertz CT molecular complexity index is 3180. The van der Waals surface area contributed by atoms with Crippen molar-refractivity contribution < 1.29 is 0 Å². The van der Waals surface area contributed by atoms with Gasteiger partial charge in [0.15, 0.2) is 0 Å². The predicted octanol–water partition coefficient (Wildman–Crippen LogP) is 15.5. The first-order valence-electron chi connectivity index (χ1n) is 19.1. The molecule has 12 aromatic carbocycles. The van der Waals surface area contributed by atoms with Gasteiger partial charge in [0.1, 0.15) is 0 Å². The third-order valence-electron chi connectivity index (χ3n) is 11.8. The molecule has 0 N–H and O–H groups in total. The zero-order chi connectivity index (χ0) is 36.0. The lowest BCUT2D eigenvalue weighted by Gasteiger charge is -2.31. The average Bonchev–Trinajstić information content (AvgIpc) is 3.24. The maximum atomic E-state index is 2.59. The number of fused-ring (bicyclic) bond motifs is 12. The molecule has 12 rings (SSSR count). The van der Waals surface area contributed by atoms with E-state index in [0.29, 0.717) is 0 Å². The first-order valence-corrected chi connectivity index (χ1v) is 19.1. The smallest absolute Gasteiger partial charge is 0.0547 e. The van der Waals surface area contributed by atoms with Crippen LogP contribution in [0.4, 0.5) is 17.1 Å². The van der Waals surface area contributed by atoms with Crippen LogP contribution in [0.3, 0.4) is 0 Å². The summed E-state index contributed by atoms with van der Waals surface area (Å²) in [5, 5.41) is 22.3. The van der Waals surface area contributed by atoms with E-state index in [2.05, 4.69) is 205 Å². The Hall–Kier alpha value is -7.22. The molecule has 55 heavy (non-hydrogen) atoms. The summed E-state index contributed by atoms with van der Waals surface area (Å²) in [4.78, 5) is 2.59. The Kier molecular flexibility index (Phi) is 6.40. The van der Waals surface area contributed by atoms with Crippen LogP contribution < -0.4 is 4.90 Å². The van der Waals surface area contributed by atoms with Crippen LogP contribution >= 0.6 is 0 Å². The maximum absolute atomic E-state index is 2.59. The van der Waals surface area contributed by atoms with E-state index in [4.69, 9.17) is 0 Å². The lowest BCUT2D eigenvalue weighted by atomic mass is 9.92. The summed E-state index contributed by atoms with van der Waals surface area (Å²) < 4.78 is 0. The second kappa shape index (κ2) is 11.6. The molecular formula is C54H33N. The summed E-state index contributed by atoms with van der Waals surface area (Å²) >= 11 is 0. The van der Waals surface area contributed by atoms with Crippen molar-refractivity contribution in [3.63, 3.8) is 0 Å². The molecule has 0 amide bonds. The maximum Gasteiger partial charge on any atom is 0.0547 e. The molecule has 1 heteroatoms. The van der Waals surface area contributed by atoms with Crippen LogP contribution in [0.25, 0.3) is 97.0 Å². The van der Waals surface area contributed by atoms with Gasteiger partial charge in [0.2, 0.25) is 0 Å². The van der Waals surface area contributed by atoms with E-state index in [0.717, 1.165) is 17.1 Å². The molecule has 254 valence electrons. The first-order chi connectivity index (χ1) is 27.2. The van der Waals surface area contributed by atoms with Gasteiger partial charge in [-0.2, -0.15) is 0 Å². The van der Waals surface area contributed by atoms with Crippen molar-refractivity contribution in [3.05, 3.63) is 200 Å². The SMILES string of the molecule is c1ccc2cc3c(cc2c1)c(N(c1cc2ccccc2c2cc4ccccc4cc12)c1cc2ccccc2c2cc4ccccc4cc12)cc1ccccc13. The molecule has 0 aliphatic rings. The molecule has 0 saturated heterocycles. The quantitative estimate of drug-likeness (QED) is 0.131. The van der Waals surface area contributed by atoms with Crippen molar-refractivity contribution in [2.75, 3.05) is 4.90 Å². The van der Waals surface area contributed by atoms with Crippen LogP contribution in [0.5, 0.6) is 0 Å². The largest absolute Gasteiger partial charge is 0.309 e. The zero-order valence-electron chi connectivity index (χ0n) is 30.0. The zero-order valence-corrected chi connectivity index (χ0v) is 30.0. The van der Waals surface area contributed by atoms with E-state index in [1.165, 1.54) is 97.0 Å². The minimum Gasteiger partial charge on any atom is -0.309 e. The highest BCUT2D eigenvalue weighted by Crippen LogP contribution is 2.50. The number of rotatable bonds is 3. The number of benzene rings is 12. The van der Waals surface area contributed by atoms with Gasteiger partial charge in [0.05, 0.1) is 17.1 Å². The van der Waals surface area contributed by atoms with Crippen LogP contribution in [-0.2, 0) is 0 Å². The highest BCUT2D eigenvalue weighted by Gasteiger charge is 2.24. The Morgan fingerprint density at radius 1 is 0.182 bits per heavy atom. The number of hydrogen-bond donors (Lipinski definition) is 0. The Morgan fingerprint density at radius 3 is 0.673 bits per heavy atom. The fourth-order valence-corrected chi connectivity index (χ4v) is 9.25. The van der Waals surface area contributed by atoms with E-state index < -0.39 is 0 Å². The fourth-order valence-electron chi connectivity index (χ4n) is 9.25. The molecule has 0 aromatic heterocycles. The van der Waals surface area contributed by atoms with Gasteiger partial charge in [-0.15, -0.1) is 0 Å². The molecule has 0 aliphatic heterocycles. The molecular weight excluding hydrogens is 663 g/mol. The van der Waals surface area contributed by atoms with Crippen molar-refractivity contribution in [1.29, 1.82) is 0 Å². The Balaban J connectivity index is 1.32. The van der Waals surface area contributed by atoms with Crippen molar-refractivity contribution >= 4 is 114 Å². The van der Waals surface area contributed by atoms with Gasteiger partial charge < -0.3 is 4.90 Å². The number of nitrogens with zero attached hydrogens (tertiary/aromatic N) is 1. The highest BCUT2D eigenvalue weighted by atomic mass is 15.1. The summed E-state index contributed by atoms with van der Waals surface area (Å²) in [6.07, 6.45) is 0. The minimum absolute atomic E-state index is 1.16. The molecule has 0 spiro atoms. The lowest BCUT2D eigenvalue weighted by Crippen LogP contribution is -2.12. The number of hydrogen-bond acceptors (Lipinski definition) is 1. The van der Waals surface area contributed by atoms with Crippen molar-refractivity contribution in [1.82, 2.24) is 0 Å². The molecule has 0 radical (unpaired) electrons. The van der Waals surface area contributed by atoms with Gasteiger partial charge in [0, 0.05) is 16.2 Å². The average molecular weight is 696 g/mol. The van der Waals surface area contributed by atoms with Crippen LogP contribution in [-0.4, -0.2) is 0 Å². The van der Waals surface area contributed by atoms with Gasteiger partial charge in [-0.25, -0.2) is 0 Å². The van der Waals surface area contributed by atoms with E-state index in [1.54, 1.807) is 0 Å². The molecule has 0 atom stereocenters. The van der Waals surface area contributed by atoms with Crippen LogP contribution in [0, 0.1) is 0 Å². The fraction of sp³-hybridized carbons (Fsp3) is 0. The van der Waals surface area contributed by atoms with E-state index in [1.807, 2.05) is 0 Å². The van der Waals surface area contributed by atoms with Crippen molar-refractivity contribution in [2.45, 2.75) is 0 Å². The topological polar surface area (TPSA) is 3.24 Å².